The zero-order valence-electron chi connectivity index (χ0n) is 17.1. The molecule has 0 atom stereocenters. The normalized spacial score (nSPS) is 11.6. The fourth-order valence-electron chi connectivity index (χ4n) is 3.10. The molecule has 0 radical (unpaired) electrons. The third-order valence-electron chi connectivity index (χ3n) is 4.45. The number of anilines is 1. The van der Waals surface area contributed by atoms with Crippen LogP contribution in [0.3, 0.4) is 0 Å². The summed E-state index contributed by atoms with van der Waals surface area (Å²) in [6.07, 6.45) is 5.85. The molecule has 2 N–H and O–H groups in total. The van der Waals surface area contributed by atoms with Gasteiger partial charge in [0.05, 0.1) is 35.4 Å². The lowest BCUT2D eigenvalue weighted by Crippen LogP contribution is -2.19. The molecule has 166 valence electrons. The fourth-order valence-corrected chi connectivity index (χ4v) is 5.62. The highest BCUT2D eigenvalue weighted by Gasteiger charge is 2.21. The maximum absolute atomic E-state index is 12.8. The van der Waals surface area contributed by atoms with Crippen molar-refractivity contribution in [3.05, 3.63) is 64.0 Å². The number of sulfonamides is 1. The summed E-state index contributed by atoms with van der Waals surface area (Å²) in [5.41, 5.74) is 1.92. The van der Waals surface area contributed by atoms with Gasteiger partial charge in [0.25, 0.3) is 15.6 Å². The number of aliphatic hydroxyl groups excluding tert-OH is 1. The molecule has 0 aliphatic carbocycles. The van der Waals surface area contributed by atoms with Gasteiger partial charge in [-0.2, -0.15) is 0 Å². The zero-order chi connectivity index (χ0) is 22.9. The summed E-state index contributed by atoms with van der Waals surface area (Å²) < 4.78 is 34.8. The average Bonchev–Trinajstić information content (AvgIpc) is 3.12. The summed E-state index contributed by atoms with van der Waals surface area (Å²) in [6.45, 7) is 3.15. The molecule has 0 aliphatic heterocycles. The molecule has 0 unspecified atom stereocenters. The van der Waals surface area contributed by atoms with Crippen LogP contribution in [0.25, 0.3) is 16.8 Å². The maximum Gasteiger partial charge on any atom is 0.300 e. The molecule has 0 saturated heterocycles. The molecule has 0 aliphatic rings. The van der Waals surface area contributed by atoms with Gasteiger partial charge >= 0.3 is 0 Å². The Morgan fingerprint density at radius 1 is 1.19 bits per heavy atom. The van der Waals surface area contributed by atoms with E-state index >= 15 is 0 Å². The standard InChI is InChI=1S/C20H19N5O5S2/c1-12-20(31-13(2)23-12)32(28,29)24-16-7-15(8-21-9-16)14-3-4-18-22-10-17(30-6-5-26)19(27)25(18)11-14/h3-4,7-11,24,26H,5-6H2,1-2H3. The minimum absolute atomic E-state index is 0.0172. The zero-order valence-corrected chi connectivity index (χ0v) is 18.8. The van der Waals surface area contributed by atoms with Crippen LogP contribution in [0.5, 0.6) is 5.75 Å². The molecule has 0 amide bonds. The average molecular weight is 474 g/mol. The number of aryl methyl sites for hydroxylation is 2. The van der Waals surface area contributed by atoms with E-state index < -0.39 is 15.6 Å². The largest absolute Gasteiger partial charge is 0.484 e. The van der Waals surface area contributed by atoms with Crippen LogP contribution in [-0.4, -0.2) is 46.1 Å². The van der Waals surface area contributed by atoms with Gasteiger partial charge in [-0.25, -0.2) is 18.4 Å². The van der Waals surface area contributed by atoms with Crippen molar-refractivity contribution in [3.63, 3.8) is 0 Å². The number of hydrogen-bond acceptors (Lipinski definition) is 9. The Morgan fingerprint density at radius 2 is 2.00 bits per heavy atom. The van der Waals surface area contributed by atoms with E-state index in [-0.39, 0.29) is 28.9 Å². The molecule has 0 spiro atoms. The van der Waals surface area contributed by atoms with E-state index in [1.165, 1.54) is 16.8 Å². The molecule has 12 heteroatoms. The van der Waals surface area contributed by atoms with E-state index in [9.17, 15) is 13.2 Å². The van der Waals surface area contributed by atoms with Crippen molar-refractivity contribution in [3.8, 4) is 16.9 Å². The van der Waals surface area contributed by atoms with Crippen LogP contribution in [0.4, 0.5) is 5.69 Å². The van der Waals surface area contributed by atoms with Crippen molar-refractivity contribution in [1.29, 1.82) is 0 Å². The van der Waals surface area contributed by atoms with Crippen LogP contribution in [0.15, 0.2) is 52.0 Å². The lowest BCUT2D eigenvalue weighted by Gasteiger charge is -2.10. The van der Waals surface area contributed by atoms with Crippen molar-refractivity contribution < 1.29 is 18.3 Å². The third kappa shape index (κ3) is 4.33. The third-order valence-corrected chi connectivity index (χ3v) is 7.51. The van der Waals surface area contributed by atoms with E-state index in [1.54, 1.807) is 44.4 Å². The van der Waals surface area contributed by atoms with Crippen LogP contribution in [0.2, 0.25) is 0 Å². The first kappa shape index (κ1) is 21.9. The summed E-state index contributed by atoms with van der Waals surface area (Å²) in [7, 11) is -3.81. The van der Waals surface area contributed by atoms with Gasteiger partial charge < -0.3 is 9.84 Å². The number of nitrogens with zero attached hydrogens (tertiary/aromatic N) is 4. The van der Waals surface area contributed by atoms with Crippen LogP contribution < -0.4 is 15.0 Å². The van der Waals surface area contributed by atoms with Gasteiger partial charge in [0.15, 0.2) is 4.21 Å². The minimum atomic E-state index is -3.81. The molecular formula is C20H19N5O5S2. The molecule has 0 saturated carbocycles. The summed E-state index contributed by atoms with van der Waals surface area (Å²) in [4.78, 5) is 25.2. The van der Waals surface area contributed by atoms with E-state index in [0.29, 0.717) is 27.5 Å². The summed E-state index contributed by atoms with van der Waals surface area (Å²) in [5, 5.41) is 9.57. The van der Waals surface area contributed by atoms with E-state index in [4.69, 9.17) is 9.84 Å². The summed E-state index contributed by atoms with van der Waals surface area (Å²) in [5.74, 6) is 0.0172. The SMILES string of the molecule is Cc1nc(C)c(S(=O)(=O)Nc2cncc(-c3ccc4ncc(OCCO)c(=O)n4c3)c2)s1. The highest BCUT2D eigenvalue weighted by Crippen LogP contribution is 2.27. The topological polar surface area (TPSA) is 136 Å². The number of hydrogen-bond donors (Lipinski definition) is 2. The molecule has 32 heavy (non-hydrogen) atoms. The summed E-state index contributed by atoms with van der Waals surface area (Å²) >= 11 is 1.10. The van der Waals surface area contributed by atoms with Crippen LogP contribution in [0, 0.1) is 13.8 Å². The van der Waals surface area contributed by atoms with Gasteiger partial charge in [-0.05, 0) is 32.0 Å². The maximum atomic E-state index is 12.8. The van der Waals surface area contributed by atoms with Crippen molar-refractivity contribution in [2.24, 2.45) is 0 Å². The second-order valence-electron chi connectivity index (χ2n) is 6.82. The number of aromatic nitrogens is 4. The molecule has 4 aromatic heterocycles. The van der Waals surface area contributed by atoms with E-state index in [0.717, 1.165) is 11.3 Å². The number of thiazole rings is 1. The first-order valence-electron chi connectivity index (χ1n) is 9.46. The molecule has 0 aromatic carbocycles. The second kappa shape index (κ2) is 8.65. The minimum Gasteiger partial charge on any atom is -0.484 e. The first-order chi connectivity index (χ1) is 15.3. The quantitative estimate of drug-likeness (QED) is 0.416. The Bertz CT molecular complexity index is 1460. The van der Waals surface area contributed by atoms with Gasteiger partial charge in [0.1, 0.15) is 12.3 Å². The molecule has 4 heterocycles. The van der Waals surface area contributed by atoms with E-state index in [1.807, 2.05) is 0 Å². The van der Waals surface area contributed by atoms with Crippen molar-refractivity contribution in [1.82, 2.24) is 19.4 Å². The Hall–Kier alpha value is -3.35. The Balaban J connectivity index is 1.69. The molecule has 4 aromatic rings. The van der Waals surface area contributed by atoms with Gasteiger partial charge in [-0.1, -0.05) is 0 Å². The first-order valence-corrected chi connectivity index (χ1v) is 11.8. The van der Waals surface area contributed by atoms with Gasteiger partial charge in [-0.3, -0.25) is 18.9 Å². The smallest absolute Gasteiger partial charge is 0.300 e. The number of pyridine rings is 2. The van der Waals surface area contributed by atoms with Crippen LogP contribution in [-0.2, 0) is 10.0 Å². The molecule has 0 bridgehead atoms. The Morgan fingerprint density at radius 3 is 2.72 bits per heavy atom. The van der Waals surface area contributed by atoms with Gasteiger partial charge in [-0.15, -0.1) is 11.3 Å². The second-order valence-corrected chi connectivity index (χ2v) is 9.90. The van der Waals surface area contributed by atoms with Crippen molar-refractivity contribution >= 4 is 32.7 Å². The Labute approximate surface area is 187 Å². The Kier molecular flexibility index (Phi) is 5.91. The lowest BCUT2D eigenvalue weighted by atomic mass is 10.1. The van der Waals surface area contributed by atoms with Crippen molar-refractivity contribution in [2.45, 2.75) is 18.1 Å². The van der Waals surface area contributed by atoms with Gasteiger partial charge in [0.2, 0.25) is 5.75 Å². The highest BCUT2D eigenvalue weighted by atomic mass is 32.2. The number of ether oxygens (including phenoxy) is 1. The molecule has 4 rings (SSSR count). The van der Waals surface area contributed by atoms with Crippen molar-refractivity contribution in [2.75, 3.05) is 17.9 Å². The fraction of sp³-hybridized carbons (Fsp3) is 0.200. The molecule has 10 nitrogen and oxygen atoms in total. The molecular weight excluding hydrogens is 454 g/mol. The predicted octanol–water partition coefficient (Wildman–Crippen LogP) is 2.00. The van der Waals surface area contributed by atoms with Crippen LogP contribution >= 0.6 is 11.3 Å². The predicted molar refractivity (Wildman–Crippen MR) is 120 cm³/mol. The van der Waals surface area contributed by atoms with Gasteiger partial charge in [0, 0.05) is 23.5 Å². The number of nitrogens with one attached hydrogen (secondary N) is 1. The number of rotatable bonds is 7. The summed E-state index contributed by atoms with van der Waals surface area (Å²) in [6, 6.07) is 5.04. The van der Waals surface area contributed by atoms with Crippen LogP contribution in [0.1, 0.15) is 10.7 Å². The number of fused-ring (bicyclic) bond motifs is 1. The lowest BCUT2D eigenvalue weighted by molar-refractivity contribution is 0.199. The molecule has 0 fully saturated rings. The highest BCUT2D eigenvalue weighted by molar-refractivity contribution is 7.94. The monoisotopic (exact) mass is 473 g/mol. The number of aliphatic hydroxyl groups is 1. The van der Waals surface area contributed by atoms with E-state index in [2.05, 4.69) is 19.7 Å².